The number of carbonyl (C=O) groups excluding carboxylic acids is 3. The van der Waals surface area contributed by atoms with Gasteiger partial charge in [-0.25, -0.2) is 0 Å². The Bertz CT molecular complexity index is 1190. The van der Waals surface area contributed by atoms with Gasteiger partial charge in [-0.05, 0) is 75.9 Å². The lowest BCUT2D eigenvalue weighted by Gasteiger charge is -2.35. The number of anilines is 1. The fourth-order valence-electron chi connectivity index (χ4n) is 7.64. The third-order valence-corrected chi connectivity index (χ3v) is 10.2. The molecule has 4 aliphatic heterocycles. The Morgan fingerprint density at radius 1 is 1.00 bits per heavy atom. The Balaban J connectivity index is 1.23. The molecule has 3 saturated heterocycles. The Hall–Kier alpha value is -2.13. The van der Waals surface area contributed by atoms with E-state index in [1.54, 1.807) is 23.1 Å². The zero-order valence-corrected chi connectivity index (χ0v) is 25.1. The molecule has 8 nitrogen and oxygen atoms in total. The predicted octanol–water partition coefficient (Wildman–Crippen LogP) is 4.65. The minimum atomic E-state index is -1.16. The standard InChI is InChI=1S/C31H40Cl2N4O4/c1-19-9-14-36(15-10-19)12-5-13-37-27(29(39)34-22-6-3-2-4-7-22)31-11-8-24(41-31)25(26(31)30(37)40)28(38)35-23-17-20(32)16-21(33)18-23/h8,11,16-19,22,24-27H,2-7,9-10,12-15H2,1H3,(H,34,39)(H,35,38)/t24-,25-,26-,27-,31-/m0/s1. The molecule has 1 spiro atoms. The van der Waals surface area contributed by atoms with Crippen LogP contribution in [0.5, 0.6) is 0 Å². The van der Waals surface area contributed by atoms with Crippen molar-refractivity contribution in [3.63, 3.8) is 0 Å². The average molecular weight is 604 g/mol. The van der Waals surface area contributed by atoms with Gasteiger partial charge in [-0.15, -0.1) is 0 Å². The van der Waals surface area contributed by atoms with Gasteiger partial charge in [0.1, 0.15) is 11.6 Å². The SMILES string of the molecule is CC1CCN(CCCN2C(=O)[C@@H]3[C@@H](C(=O)Nc4cc(Cl)cc(Cl)c4)[C@@H]4C=C[C@@]3(O4)[C@@H]2C(=O)NC2CCCCC2)CC1. The normalized spacial score (nSPS) is 32.0. The molecular weight excluding hydrogens is 563 g/mol. The second-order valence-corrected chi connectivity index (χ2v) is 13.5. The van der Waals surface area contributed by atoms with Crippen molar-refractivity contribution >= 4 is 46.6 Å². The summed E-state index contributed by atoms with van der Waals surface area (Å²) in [6.45, 7) is 5.76. The van der Waals surface area contributed by atoms with Gasteiger partial charge >= 0.3 is 0 Å². The molecule has 6 rings (SSSR count). The smallest absolute Gasteiger partial charge is 0.246 e. The zero-order valence-electron chi connectivity index (χ0n) is 23.6. The van der Waals surface area contributed by atoms with Gasteiger partial charge in [0.2, 0.25) is 17.7 Å². The molecule has 222 valence electrons. The highest BCUT2D eigenvalue weighted by molar-refractivity contribution is 6.35. The van der Waals surface area contributed by atoms with E-state index >= 15 is 0 Å². The van der Waals surface area contributed by atoms with E-state index in [1.165, 1.54) is 19.3 Å². The van der Waals surface area contributed by atoms with Crippen molar-refractivity contribution in [2.24, 2.45) is 17.8 Å². The van der Waals surface area contributed by atoms with Crippen LogP contribution in [-0.4, -0.2) is 77.5 Å². The van der Waals surface area contributed by atoms with Crippen LogP contribution in [0, 0.1) is 17.8 Å². The van der Waals surface area contributed by atoms with E-state index in [9.17, 15) is 14.4 Å². The van der Waals surface area contributed by atoms with E-state index < -0.39 is 29.6 Å². The summed E-state index contributed by atoms with van der Waals surface area (Å²) in [4.78, 5) is 46.0. The van der Waals surface area contributed by atoms with Crippen LogP contribution in [0.25, 0.3) is 0 Å². The molecule has 0 radical (unpaired) electrons. The van der Waals surface area contributed by atoms with Crippen LogP contribution in [0.15, 0.2) is 30.4 Å². The molecule has 1 saturated carbocycles. The summed E-state index contributed by atoms with van der Waals surface area (Å²) in [5.74, 6) is -1.48. The van der Waals surface area contributed by atoms with Gasteiger partial charge in [-0.2, -0.15) is 0 Å². The van der Waals surface area contributed by atoms with Crippen LogP contribution in [0.4, 0.5) is 5.69 Å². The van der Waals surface area contributed by atoms with E-state index in [1.807, 2.05) is 12.2 Å². The van der Waals surface area contributed by atoms with Crippen LogP contribution in [0.3, 0.4) is 0 Å². The van der Waals surface area contributed by atoms with Crippen LogP contribution in [0.1, 0.15) is 58.3 Å². The number of likely N-dealkylation sites (tertiary alicyclic amines) is 2. The molecule has 0 aromatic heterocycles. The van der Waals surface area contributed by atoms with Crippen LogP contribution >= 0.6 is 23.2 Å². The molecule has 5 aliphatic rings. The van der Waals surface area contributed by atoms with E-state index in [0.717, 1.165) is 57.7 Å². The number of carbonyl (C=O) groups is 3. The molecule has 2 bridgehead atoms. The summed E-state index contributed by atoms with van der Waals surface area (Å²) in [5, 5.41) is 6.95. The topological polar surface area (TPSA) is 91.0 Å². The van der Waals surface area contributed by atoms with Crippen molar-refractivity contribution in [2.45, 2.75) is 82.1 Å². The maximum absolute atomic E-state index is 14.2. The quantitative estimate of drug-likeness (QED) is 0.423. The lowest BCUT2D eigenvalue weighted by molar-refractivity contribution is -0.141. The van der Waals surface area contributed by atoms with Gasteiger partial charge in [0, 0.05) is 28.3 Å². The van der Waals surface area contributed by atoms with E-state index in [0.29, 0.717) is 22.3 Å². The Morgan fingerprint density at radius 2 is 1.71 bits per heavy atom. The molecular formula is C31H40Cl2N4O4. The first-order chi connectivity index (χ1) is 19.7. The zero-order chi connectivity index (χ0) is 28.7. The van der Waals surface area contributed by atoms with Crippen LogP contribution in [-0.2, 0) is 19.1 Å². The summed E-state index contributed by atoms with van der Waals surface area (Å²) in [5.41, 5.74) is -0.701. The molecule has 1 aliphatic carbocycles. The number of nitrogens with one attached hydrogen (secondary N) is 2. The maximum Gasteiger partial charge on any atom is 0.246 e. The number of amides is 3. The van der Waals surface area contributed by atoms with Crippen molar-refractivity contribution in [1.29, 1.82) is 0 Å². The van der Waals surface area contributed by atoms with E-state index in [2.05, 4.69) is 22.5 Å². The average Bonchev–Trinajstić information content (AvgIpc) is 3.57. The van der Waals surface area contributed by atoms with Gasteiger partial charge in [-0.3, -0.25) is 14.4 Å². The molecule has 0 unspecified atom stereocenters. The fraction of sp³-hybridized carbons (Fsp3) is 0.645. The number of rotatable bonds is 8. The van der Waals surface area contributed by atoms with Gasteiger partial charge < -0.3 is 25.2 Å². The fourth-order valence-corrected chi connectivity index (χ4v) is 8.16. The summed E-state index contributed by atoms with van der Waals surface area (Å²) in [7, 11) is 0. The second kappa shape index (κ2) is 11.9. The number of halogens is 2. The number of piperidine rings is 1. The first kappa shape index (κ1) is 29.0. The second-order valence-electron chi connectivity index (χ2n) is 12.6. The Morgan fingerprint density at radius 3 is 2.41 bits per heavy atom. The van der Waals surface area contributed by atoms with Gasteiger partial charge in [0.25, 0.3) is 0 Å². The van der Waals surface area contributed by atoms with Gasteiger partial charge in [0.15, 0.2) is 0 Å². The molecule has 2 N–H and O–H groups in total. The highest BCUT2D eigenvalue weighted by Gasteiger charge is 2.72. The Kier molecular flexibility index (Phi) is 8.38. The van der Waals surface area contributed by atoms with E-state index in [4.69, 9.17) is 27.9 Å². The minimum Gasteiger partial charge on any atom is -0.359 e. The third kappa shape index (κ3) is 5.65. The number of hydrogen-bond acceptors (Lipinski definition) is 5. The Labute approximate surface area is 252 Å². The number of nitrogens with zero attached hydrogens (tertiary/aromatic N) is 2. The number of fused-ring (bicyclic) bond motifs is 1. The number of benzene rings is 1. The molecule has 4 heterocycles. The summed E-state index contributed by atoms with van der Waals surface area (Å²) in [6, 6.07) is 4.14. The molecule has 41 heavy (non-hydrogen) atoms. The summed E-state index contributed by atoms with van der Waals surface area (Å²) < 4.78 is 6.48. The highest BCUT2D eigenvalue weighted by atomic mass is 35.5. The molecule has 5 atom stereocenters. The monoisotopic (exact) mass is 602 g/mol. The molecule has 4 fully saturated rings. The lowest BCUT2D eigenvalue weighted by Crippen LogP contribution is -2.56. The highest BCUT2D eigenvalue weighted by Crippen LogP contribution is 2.55. The summed E-state index contributed by atoms with van der Waals surface area (Å²) in [6.07, 6.45) is 11.5. The number of hydrogen-bond donors (Lipinski definition) is 2. The molecule has 1 aromatic rings. The van der Waals surface area contributed by atoms with Crippen molar-refractivity contribution < 1.29 is 19.1 Å². The molecule has 1 aromatic carbocycles. The maximum atomic E-state index is 14.2. The predicted molar refractivity (Wildman–Crippen MR) is 159 cm³/mol. The summed E-state index contributed by atoms with van der Waals surface area (Å²) >= 11 is 12.3. The largest absolute Gasteiger partial charge is 0.359 e. The van der Waals surface area contributed by atoms with Gasteiger partial charge in [-0.1, -0.05) is 61.5 Å². The van der Waals surface area contributed by atoms with E-state index in [-0.39, 0.29) is 23.8 Å². The van der Waals surface area contributed by atoms with Crippen molar-refractivity contribution in [2.75, 3.05) is 31.5 Å². The molecule has 10 heteroatoms. The minimum absolute atomic E-state index is 0.105. The van der Waals surface area contributed by atoms with Crippen LogP contribution in [0.2, 0.25) is 10.0 Å². The molecule has 3 amide bonds. The van der Waals surface area contributed by atoms with Crippen molar-refractivity contribution in [1.82, 2.24) is 15.1 Å². The van der Waals surface area contributed by atoms with Crippen molar-refractivity contribution in [3.05, 3.63) is 40.4 Å². The first-order valence-electron chi connectivity index (χ1n) is 15.2. The lowest BCUT2D eigenvalue weighted by atomic mass is 9.74. The third-order valence-electron chi connectivity index (χ3n) is 9.76. The first-order valence-corrected chi connectivity index (χ1v) is 16.0. The van der Waals surface area contributed by atoms with Crippen molar-refractivity contribution in [3.8, 4) is 0 Å². The van der Waals surface area contributed by atoms with Crippen LogP contribution < -0.4 is 10.6 Å². The number of ether oxygens (including phenoxy) is 1. The van der Waals surface area contributed by atoms with Gasteiger partial charge in [0.05, 0.1) is 17.9 Å².